The van der Waals surface area contributed by atoms with Crippen LogP contribution >= 0.6 is 11.3 Å². The van der Waals surface area contributed by atoms with Crippen LogP contribution in [0.4, 0.5) is 10.8 Å². The molecule has 4 rings (SSSR count). The van der Waals surface area contributed by atoms with Crippen LogP contribution in [-0.2, 0) is 9.59 Å². The zero-order chi connectivity index (χ0) is 19.0. The van der Waals surface area contributed by atoms with Gasteiger partial charge in [-0.25, -0.2) is 0 Å². The van der Waals surface area contributed by atoms with Crippen LogP contribution in [0.1, 0.15) is 6.42 Å². The number of carbonyl (C=O) groups excluding carboxylic acids is 2. The van der Waals surface area contributed by atoms with E-state index in [1.54, 1.807) is 30.2 Å². The van der Waals surface area contributed by atoms with E-state index in [-0.39, 0.29) is 24.8 Å². The van der Waals surface area contributed by atoms with Crippen molar-refractivity contribution >= 4 is 38.9 Å². The number of carbonyl (C=O) groups is 2. The van der Waals surface area contributed by atoms with E-state index in [1.165, 1.54) is 29.3 Å². The predicted octanol–water partition coefficient (Wildman–Crippen LogP) is 1.19. The maximum absolute atomic E-state index is 12.6. The number of nitrogens with one attached hydrogen (secondary N) is 1. The Hall–Kier alpha value is -3.21. The van der Waals surface area contributed by atoms with Crippen molar-refractivity contribution in [2.45, 2.75) is 6.42 Å². The van der Waals surface area contributed by atoms with Crippen LogP contribution in [0.2, 0.25) is 0 Å². The van der Waals surface area contributed by atoms with Crippen molar-refractivity contribution in [1.29, 1.82) is 0 Å². The molecule has 0 radical (unpaired) electrons. The first-order chi connectivity index (χ1) is 13.1. The van der Waals surface area contributed by atoms with Gasteiger partial charge in [-0.05, 0) is 12.1 Å². The van der Waals surface area contributed by atoms with E-state index < -0.39 is 5.92 Å². The molecule has 0 bridgehead atoms. The number of nitrogens with zero attached hydrogens (tertiary/aromatic N) is 5. The Labute approximate surface area is 157 Å². The topological polar surface area (TPSA) is 111 Å². The van der Waals surface area contributed by atoms with Crippen LogP contribution in [0, 0.1) is 5.92 Å². The van der Waals surface area contributed by atoms with Crippen LogP contribution in [0.3, 0.4) is 0 Å². The molecule has 1 saturated heterocycles. The Bertz CT molecular complexity index is 987. The second kappa shape index (κ2) is 6.83. The van der Waals surface area contributed by atoms with Crippen LogP contribution in [-0.4, -0.2) is 52.4 Å². The highest BCUT2D eigenvalue weighted by Crippen LogP contribution is 2.36. The van der Waals surface area contributed by atoms with Gasteiger partial charge in [0.1, 0.15) is 17.8 Å². The van der Waals surface area contributed by atoms with E-state index >= 15 is 0 Å². The molecule has 0 spiro atoms. The lowest BCUT2D eigenvalue weighted by molar-refractivity contribution is -0.122. The van der Waals surface area contributed by atoms with Crippen molar-refractivity contribution in [3.05, 3.63) is 24.5 Å². The number of amides is 2. The SMILES string of the molecule is COc1ccc(OC)c(N2C[C@@H](C(=O)Nc3nn4cnnc4s3)CC2=O)c1. The van der Waals surface area contributed by atoms with Crippen molar-refractivity contribution in [3.8, 4) is 11.5 Å². The molecule has 0 aliphatic carbocycles. The third kappa shape index (κ3) is 3.16. The van der Waals surface area contributed by atoms with Gasteiger partial charge in [0.2, 0.25) is 21.9 Å². The third-order valence-electron chi connectivity index (χ3n) is 4.29. The third-order valence-corrected chi connectivity index (χ3v) is 5.12. The Kier molecular flexibility index (Phi) is 4.36. The summed E-state index contributed by atoms with van der Waals surface area (Å²) in [6.07, 6.45) is 1.56. The molecule has 1 aromatic carbocycles. The summed E-state index contributed by atoms with van der Waals surface area (Å²) < 4.78 is 12.1. The lowest BCUT2D eigenvalue weighted by Gasteiger charge is -2.20. The minimum absolute atomic E-state index is 0.107. The molecule has 140 valence electrons. The minimum atomic E-state index is -0.497. The number of methoxy groups -OCH3 is 2. The summed E-state index contributed by atoms with van der Waals surface area (Å²) in [7, 11) is 3.08. The second-order valence-corrected chi connectivity index (χ2v) is 6.85. The van der Waals surface area contributed by atoms with Crippen molar-refractivity contribution < 1.29 is 19.1 Å². The Balaban J connectivity index is 1.51. The molecular weight excluding hydrogens is 372 g/mol. The Morgan fingerprint density at radius 1 is 1.33 bits per heavy atom. The molecule has 10 nitrogen and oxygen atoms in total. The summed E-state index contributed by atoms with van der Waals surface area (Å²) in [5.74, 6) is 0.227. The van der Waals surface area contributed by atoms with Gasteiger partial charge in [0.15, 0.2) is 0 Å². The fraction of sp³-hybridized carbons (Fsp3) is 0.312. The Morgan fingerprint density at radius 2 is 2.19 bits per heavy atom. The molecule has 3 heterocycles. The van der Waals surface area contributed by atoms with Crippen molar-refractivity contribution in [2.75, 3.05) is 31.0 Å². The predicted molar refractivity (Wildman–Crippen MR) is 97.3 cm³/mol. The number of fused-ring (bicyclic) bond motifs is 1. The average molecular weight is 388 g/mol. The molecule has 1 N–H and O–H groups in total. The van der Waals surface area contributed by atoms with Crippen molar-refractivity contribution in [3.63, 3.8) is 0 Å². The number of aromatic nitrogens is 4. The number of rotatable bonds is 5. The average Bonchev–Trinajstić information content (AvgIpc) is 3.35. The summed E-state index contributed by atoms with van der Waals surface area (Å²) in [5, 5.41) is 14.9. The van der Waals surface area contributed by atoms with Gasteiger partial charge in [0, 0.05) is 19.0 Å². The number of hydrogen-bond acceptors (Lipinski definition) is 8. The zero-order valence-electron chi connectivity index (χ0n) is 14.6. The van der Waals surface area contributed by atoms with E-state index in [2.05, 4.69) is 20.6 Å². The molecule has 0 saturated carbocycles. The first-order valence-electron chi connectivity index (χ1n) is 8.09. The quantitative estimate of drug-likeness (QED) is 0.699. The molecule has 2 amide bonds. The molecule has 1 aliphatic heterocycles. The van der Waals surface area contributed by atoms with Crippen LogP contribution < -0.4 is 19.7 Å². The van der Waals surface area contributed by atoms with Crippen LogP contribution in [0.5, 0.6) is 11.5 Å². The smallest absolute Gasteiger partial charge is 0.236 e. The van der Waals surface area contributed by atoms with Crippen molar-refractivity contribution in [2.24, 2.45) is 5.92 Å². The molecule has 1 fully saturated rings. The molecule has 1 atom stereocenters. The van der Waals surface area contributed by atoms with E-state index in [0.717, 1.165) is 0 Å². The number of anilines is 2. The first kappa shape index (κ1) is 17.2. The molecule has 1 aliphatic rings. The zero-order valence-corrected chi connectivity index (χ0v) is 15.4. The molecule has 2 aromatic heterocycles. The van der Waals surface area contributed by atoms with Gasteiger partial charge in [-0.2, -0.15) is 4.52 Å². The lowest BCUT2D eigenvalue weighted by atomic mass is 10.1. The summed E-state index contributed by atoms with van der Waals surface area (Å²) in [4.78, 5) is 27.2. The summed E-state index contributed by atoms with van der Waals surface area (Å²) >= 11 is 1.21. The van der Waals surface area contributed by atoms with Crippen molar-refractivity contribution in [1.82, 2.24) is 19.8 Å². The fourth-order valence-corrected chi connectivity index (χ4v) is 3.66. The van der Waals surface area contributed by atoms with Gasteiger partial charge in [0.05, 0.1) is 25.8 Å². The Morgan fingerprint density at radius 3 is 2.93 bits per heavy atom. The standard InChI is InChI=1S/C16H16N6O4S/c1-25-10-3-4-12(26-2)11(6-10)21-7-9(5-13(21)23)14(24)18-15-20-22-8-17-19-16(22)27-15/h3-4,6,8-9H,5,7H2,1-2H3,(H,18,20,24)/t9-/m0/s1. The van der Waals surface area contributed by atoms with Crippen LogP contribution in [0.25, 0.3) is 4.96 Å². The van der Waals surface area contributed by atoms with Crippen LogP contribution in [0.15, 0.2) is 24.5 Å². The van der Waals surface area contributed by atoms with E-state index in [9.17, 15) is 9.59 Å². The van der Waals surface area contributed by atoms with Gasteiger partial charge in [-0.1, -0.05) is 11.3 Å². The minimum Gasteiger partial charge on any atom is -0.497 e. The highest BCUT2D eigenvalue weighted by Gasteiger charge is 2.36. The highest BCUT2D eigenvalue weighted by molar-refractivity contribution is 7.20. The monoisotopic (exact) mass is 388 g/mol. The summed E-state index contributed by atoms with van der Waals surface area (Å²) in [6.45, 7) is 0.248. The van der Waals surface area contributed by atoms with Gasteiger partial charge < -0.3 is 19.7 Å². The normalized spacial score (nSPS) is 16.7. The molecule has 27 heavy (non-hydrogen) atoms. The summed E-state index contributed by atoms with van der Waals surface area (Å²) in [5.41, 5.74) is 0.580. The summed E-state index contributed by atoms with van der Waals surface area (Å²) in [6, 6.07) is 5.20. The van der Waals surface area contributed by atoms with Gasteiger partial charge in [0.25, 0.3) is 0 Å². The largest absolute Gasteiger partial charge is 0.497 e. The molecule has 3 aromatic rings. The van der Waals surface area contributed by atoms with E-state index in [0.29, 0.717) is 27.3 Å². The second-order valence-electron chi connectivity index (χ2n) is 5.90. The maximum atomic E-state index is 12.6. The highest BCUT2D eigenvalue weighted by atomic mass is 32.1. The number of benzene rings is 1. The fourth-order valence-electron chi connectivity index (χ4n) is 2.94. The molecule has 0 unspecified atom stereocenters. The number of ether oxygens (including phenoxy) is 2. The van der Waals surface area contributed by atoms with E-state index in [1.807, 2.05) is 0 Å². The number of hydrogen-bond donors (Lipinski definition) is 1. The molecular formula is C16H16N6O4S. The van der Waals surface area contributed by atoms with E-state index in [4.69, 9.17) is 9.47 Å². The molecule has 11 heteroatoms. The van der Waals surface area contributed by atoms with Gasteiger partial charge >= 0.3 is 0 Å². The first-order valence-corrected chi connectivity index (χ1v) is 8.91. The van der Waals surface area contributed by atoms with Gasteiger partial charge in [-0.3, -0.25) is 9.59 Å². The maximum Gasteiger partial charge on any atom is 0.236 e. The van der Waals surface area contributed by atoms with Gasteiger partial charge in [-0.15, -0.1) is 15.3 Å². The lowest BCUT2D eigenvalue weighted by Crippen LogP contribution is -2.28.